The number of hydrogen-bond acceptors (Lipinski definition) is 2. The van der Waals surface area contributed by atoms with Crippen molar-refractivity contribution in [3.05, 3.63) is 75.5 Å². The smallest absolute Gasteiger partial charge is 0.258 e. The summed E-state index contributed by atoms with van der Waals surface area (Å²) >= 11 is 3.54. The summed E-state index contributed by atoms with van der Waals surface area (Å²) in [6, 6.07) is 15.4. The molecular formula is C20H20BrN3O. The predicted octanol–water partition coefficient (Wildman–Crippen LogP) is 4.84. The van der Waals surface area contributed by atoms with Crippen molar-refractivity contribution in [2.75, 3.05) is 11.9 Å². The first-order valence-electron chi connectivity index (χ1n) is 8.05. The van der Waals surface area contributed by atoms with Crippen LogP contribution in [0.2, 0.25) is 0 Å². The van der Waals surface area contributed by atoms with Crippen LogP contribution in [0.5, 0.6) is 0 Å². The fourth-order valence-corrected chi connectivity index (χ4v) is 3.02. The fraction of sp³-hybridized carbons (Fsp3) is 0.200. The summed E-state index contributed by atoms with van der Waals surface area (Å²) < 4.78 is 2.88. The van der Waals surface area contributed by atoms with Gasteiger partial charge in [-0.15, -0.1) is 0 Å². The number of hydrogen-bond donors (Lipinski definition) is 0. The van der Waals surface area contributed by atoms with E-state index in [1.807, 2.05) is 74.0 Å². The summed E-state index contributed by atoms with van der Waals surface area (Å²) in [5.74, 6) is -0.0355. The lowest BCUT2D eigenvalue weighted by atomic mass is 10.1. The highest BCUT2D eigenvalue weighted by Crippen LogP contribution is 2.23. The lowest BCUT2D eigenvalue weighted by Gasteiger charge is -2.18. The Labute approximate surface area is 156 Å². The highest BCUT2D eigenvalue weighted by atomic mass is 79.9. The second-order valence-electron chi connectivity index (χ2n) is 6.15. The molecule has 0 aliphatic carbocycles. The lowest BCUT2D eigenvalue weighted by Crippen LogP contribution is -2.26. The van der Waals surface area contributed by atoms with Crippen molar-refractivity contribution in [3.8, 4) is 5.69 Å². The van der Waals surface area contributed by atoms with Crippen molar-refractivity contribution in [1.29, 1.82) is 0 Å². The van der Waals surface area contributed by atoms with E-state index >= 15 is 0 Å². The maximum absolute atomic E-state index is 12.7. The molecule has 1 heterocycles. The first-order chi connectivity index (χ1) is 11.9. The second-order valence-corrected chi connectivity index (χ2v) is 6.94. The number of aryl methyl sites for hydroxylation is 2. The minimum Gasteiger partial charge on any atom is -0.311 e. The third-order valence-corrected chi connectivity index (χ3v) is 5.40. The predicted molar refractivity (Wildman–Crippen MR) is 105 cm³/mol. The molecule has 5 heteroatoms. The molecule has 0 radical (unpaired) electrons. The van der Waals surface area contributed by atoms with E-state index in [2.05, 4.69) is 21.0 Å². The van der Waals surface area contributed by atoms with Crippen molar-refractivity contribution in [2.45, 2.75) is 20.8 Å². The molecule has 1 aromatic heterocycles. The minimum absolute atomic E-state index is 0.0355. The van der Waals surface area contributed by atoms with Gasteiger partial charge < -0.3 is 4.90 Å². The van der Waals surface area contributed by atoms with Gasteiger partial charge in [0, 0.05) is 18.3 Å². The molecule has 0 bridgehead atoms. The molecule has 0 fully saturated rings. The average molecular weight is 398 g/mol. The number of anilines is 1. The summed E-state index contributed by atoms with van der Waals surface area (Å²) in [4.78, 5) is 14.4. The van der Waals surface area contributed by atoms with E-state index in [4.69, 9.17) is 0 Å². The molecule has 128 valence electrons. The SMILES string of the molecule is Cc1cccc(N(C)C(=O)c2ccc(-n3nc(C)c(Br)c3C)cc2)c1. The molecule has 0 aliphatic rings. The van der Waals surface area contributed by atoms with E-state index in [0.717, 1.165) is 32.8 Å². The van der Waals surface area contributed by atoms with Gasteiger partial charge in [-0.1, -0.05) is 12.1 Å². The number of aromatic nitrogens is 2. The maximum atomic E-state index is 12.7. The zero-order valence-electron chi connectivity index (χ0n) is 14.7. The zero-order chi connectivity index (χ0) is 18.1. The Morgan fingerprint density at radius 1 is 1.08 bits per heavy atom. The first kappa shape index (κ1) is 17.4. The number of halogens is 1. The van der Waals surface area contributed by atoms with Crippen LogP contribution in [-0.2, 0) is 0 Å². The van der Waals surface area contributed by atoms with E-state index in [9.17, 15) is 4.79 Å². The number of nitrogens with zero attached hydrogens (tertiary/aromatic N) is 3. The van der Waals surface area contributed by atoms with E-state index in [0.29, 0.717) is 5.56 Å². The van der Waals surface area contributed by atoms with Gasteiger partial charge >= 0.3 is 0 Å². The van der Waals surface area contributed by atoms with E-state index in [-0.39, 0.29) is 5.91 Å². The normalized spacial score (nSPS) is 10.8. The third kappa shape index (κ3) is 3.37. The van der Waals surface area contributed by atoms with Crippen molar-refractivity contribution in [2.24, 2.45) is 0 Å². The topological polar surface area (TPSA) is 38.1 Å². The average Bonchev–Trinajstić information content (AvgIpc) is 2.88. The van der Waals surface area contributed by atoms with Gasteiger partial charge in [-0.05, 0) is 78.7 Å². The molecule has 0 aliphatic heterocycles. The summed E-state index contributed by atoms with van der Waals surface area (Å²) in [6.45, 7) is 5.99. The highest BCUT2D eigenvalue weighted by molar-refractivity contribution is 9.10. The molecule has 2 aromatic carbocycles. The standard InChI is InChI=1S/C20H20BrN3O/c1-13-6-5-7-18(12-13)23(4)20(25)16-8-10-17(11-9-16)24-15(3)19(21)14(2)22-24/h5-12H,1-4H3. The van der Waals surface area contributed by atoms with Crippen LogP contribution < -0.4 is 4.90 Å². The molecule has 1 amide bonds. The van der Waals surface area contributed by atoms with Crippen LogP contribution in [0.1, 0.15) is 27.3 Å². The fourth-order valence-electron chi connectivity index (χ4n) is 2.77. The molecule has 0 saturated heterocycles. The van der Waals surface area contributed by atoms with Crippen LogP contribution in [0, 0.1) is 20.8 Å². The van der Waals surface area contributed by atoms with Crippen LogP contribution in [0.4, 0.5) is 5.69 Å². The Balaban J connectivity index is 1.87. The summed E-state index contributed by atoms with van der Waals surface area (Å²) in [5.41, 5.74) is 5.57. The van der Waals surface area contributed by atoms with Gasteiger partial charge in [0.2, 0.25) is 0 Å². The molecule has 0 unspecified atom stereocenters. The van der Waals surface area contributed by atoms with Crippen molar-refractivity contribution in [1.82, 2.24) is 9.78 Å². The second kappa shape index (κ2) is 6.84. The molecule has 0 atom stereocenters. The van der Waals surface area contributed by atoms with E-state index in [1.54, 1.807) is 11.9 Å². The molecular weight excluding hydrogens is 378 g/mol. The number of carbonyl (C=O) groups is 1. The summed E-state index contributed by atoms with van der Waals surface area (Å²) in [6.07, 6.45) is 0. The van der Waals surface area contributed by atoms with Gasteiger partial charge in [-0.2, -0.15) is 5.10 Å². The molecule has 4 nitrogen and oxygen atoms in total. The molecule has 0 N–H and O–H groups in total. The number of benzene rings is 2. The van der Waals surface area contributed by atoms with Crippen LogP contribution >= 0.6 is 15.9 Å². The Hall–Kier alpha value is -2.40. The Morgan fingerprint density at radius 2 is 1.76 bits per heavy atom. The Morgan fingerprint density at radius 3 is 2.32 bits per heavy atom. The monoisotopic (exact) mass is 397 g/mol. The maximum Gasteiger partial charge on any atom is 0.258 e. The minimum atomic E-state index is -0.0355. The van der Waals surface area contributed by atoms with Gasteiger partial charge in [0.1, 0.15) is 0 Å². The molecule has 3 aromatic rings. The molecule has 25 heavy (non-hydrogen) atoms. The van der Waals surface area contributed by atoms with Gasteiger partial charge in [0.15, 0.2) is 0 Å². The van der Waals surface area contributed by atoms with Crippen LogP contribution in [-0.4, -0.2) is 22.7 Å². The first-order valence-corrected chi connectivity index (χ1v) is 8.84. The lowest BCUT2D eigenvalue weighted by molar-refractivity contribution is 0.0993. The van der Waals surface area contributed by atoms with E-state index in [1.165, 1.54) is 0 Å². The summed E-state index contributed by atoms with van der Waals surface area (Å²) in [5, 5.41) is 4.52. The highest BCUT2D eigenvalue weighted by Gasteiger charge is 2.15. The van der Waals surface area contributed by atoms with E-state index < -0.39 is 0 Å². The van der Waals surface area contributed by atoms with Crippen molar-refractivity contribution < 1.29 is 4.79 Å². The van der Waals surface area contributed by atoms with Gasteiger partial charge in [0.05, 0.1) is 21.5 Å². The number of rotatable bonds is 3. The van der Waals surface area contributed by atoms with Crippen LogP contribution in [0.25, 0.3) is 5.69 Å². The van der Waals surface area contributed by atoms with Crippen molar-refractivity contribution in [3.63, 3.8) is 0 Å². The molecule has 0 spiro atoms. The zero-order valence-corrected chi connectivity index (χ0v) is 16.3. The Bertz CT molecular complexity index is 929. The third-order valence-electron chi connectivity index (χ3n) is 4.26. The quantitative estimate of drug-likeness (QED) is 0.634. The number of amides is 1. The molecule has 0 saturated carbocycles. The number of carbonyl (C=O) groups excluding carboxylic acids is 1. The van der Waals surface area contributed by atoms with Crippen LogP contribution in [0.15, 0.2) is 53.0 Å². The Kier molecular flexibility index (Phi) is 4.77. The van der Waals surface area contributed by atoms with Gasteiger partial charge in [-0.25, -0.2) is 4.68 Å². The van der Waals surface area contributed by atoms with Gasteiger partial charge in [0.25, 0.3) is 5.91 Å². The van der Waals surface area contributed by atoms with Gasteiger partial charge in [-0.3, -0.25) is 4.79 Å². The van der Waals surface area contributed by atoms with Crippen LogP contribution in [0.3, 0.4) is 0 Å². The molecule has 3 rings (SSSR count). The van der Waals surface area contributed by atoms with Crippen molar-refractivity contribution >= 4 is 27.5 Å². The summed E-state index contributed by atoms with van der Waals surface area (Å²) in [7, 11) is 1.79. The largest absolute Gasteiger partial charge is 0.311 e.